The van der Waals surface area contributed by atoms with Crippen molar-refractivity contribution in [1.82, 2.24) is 4.90 Å². The maximum atomic E-state index is 3.76. The molecule has 2 fully saturated rings. The Morgan fingerprint density at radius 1 is 1.14 bits per heavy atom. The van der Waals surface area contributed by atoms with Gasteiger partial charge in [0.15, 0.2) is 0 Å². The highest BCUT2D eigenvalue weighted by atomic mass is 15.2. The Hall–Kier alpha value is -0.820. The normalized spacial score (nSPS) is 38.0. The van der Waals surface area contributed by atoms with Crippen molar-refractivity contribution < 1.29 is 0 Å². The first-order chi connectivity index (χ1) is 10.3. The molecule has 3 rings (SSSR count). The molecule has 0 aromatic rings. The first kappa shape index (κ1) is 15.1. The molecule has 2 aliphatic carbocycles. The van der Waals surface area contributed by atoms with Crippen molar-refractivity contribution in [3.05, 3.63) is 36.5 Å². The van der Waals surface area contributed by atoms with E-state index in [1.807, 2.05) is 6.08 Å². The van der Waals surface area contributed by atoms with Gasteiger partial charge in [0.25, 0.3) is 0 Å². The van der Waals surface area contributed by atoms with Crippen LogP contribution < -0.4 is 0 Å². The first-order valence-electron chi connectivity index (χ1n) is 9.02. The van der Waals surface area contributed by atoms with Crippen LogP contribution >= 0.6 is 0 Å². The Kier molecular flexibility index (Phi) is 5.00. The van der Waals surface area contributed by atoms with Gasteiger partial charge in [-0.1, -0.05) is 43.4 Å². The van der Waals surface area contributed by atoms with E-state index in [1.165, 1.54) is 63.6 Å². The van der Waals surface area contributed by atoms with E-state index in [0.29, 0.717) is 0 Å². The van der Waals surface area contributed by atoms with Crippen LogP contribution in [0.15, 0.2) is 36.5 Å². The van der Waals surface area contributed by atoms with E-state index in [1.54, 1.807) is 0 Å². The van der Waals surface area contributed by atoms with Crippen molar-refractivity contribution in [1.29, 1.82) is 0 Å². The van der Waals surface area contributed by atoms with E-state index >= 15 is 0 Å². The Morgan fingerprint density at radius 2 is 1.90 bits per heavy atom. The van der Waals surface area contributed by atoms with Crippen molar-refractivity contribution in [2.75, 3.05) is 13.1 Å². The average molecular weight is 285 g/mol. The Bertz CT molecular complexity index is 406. The monoisotopic (exact) mass is 285 g/mol. The van der Waals surface area contributed by atoms with Crippen LogP contribution in [0.3, 0.4) is 0 Å². The standard InChI is InChI=1S/C20H31N/c1-3-4-7-17-8-5-10-18(11-6-9-17)21-14-12-19-16(2)20(19)13-15-21/h3-4,7-8,16,18-20H,1,5-6,9-15H2,2H3. The summed E-state index contributed by atoms with van der Waals surface area (Å²) >= 11 is 0. The van der Waals surface area contributed by atoms with Gasteiger partial charge >= 0.3 is 0 Å². The SMILES string of the molecule is C=CC=CC1=CCCC(N2CCC3C(C)C3CC2)CCC1. The molecule has 0 aromatic heterocycles. The molecule has 0 N–H and O–H groups in total. The molecule has 0 amide bonds. The van der Waals surface area contributed by atoms with Crippen LogP contribution in [0, 0.1) is 17.8 Å². The van der Waals surface area contributed by atoms with Crippen molar-refractivity contribution in [2.45, 2.75) is 57.9 Å². The van der Waals surface area contributed by atoms with E-state index in [2.05, 4.69) is 36.6 Å². The molecule has 0 aromatic carbocycles. The predicted octanol–water partition coefficient (Wildman–Crippen LogP) is 4.97. The molecular formula is C20H31N. The molecule has 0 bridgehead atoms. The highest BCUT2D eigenvalue weighted by molar-refractivity contribution is 5.22. The lowest BCUT2D eigenvalue weighted by Gasteiger charge is -2.32. The third-order valence-corrected chi connectivity index (χ3v) is 6.13. The lowest BCUT2D eigenvalue weighted by Crippen LogP contribution is -2.37. The zero-order chi connectivity index (χ0) is 14.7. The van der Waals surface area contributed by atoms with Crippen LogP contribution in [0.5, 0.6) is 0 Å². The van der Waals surface area contributed by atoms with Gasteiger partial charge in [0.05, 0.1) is 0 Å². The summed E-state index contributed by atoms with van der Waals surface area (Å²) in [4.78, 5) is 2.83. The Labute approximate surface area is 130 Å². The largest absolute Gasteiger partial charge is 0.300 e. The zero-order valence-corrected chi connectivity index (χ0v) is 13.6. The summed E-state index contributed by atoms with van der Waals surface area (Å²) in [7, 11) is 0. The molecule has 1 heterocycles. The summed E-state index contributed by atoms with van der Waals surface area (Å²) in [6.45, 7) is 8.95. The van der Waals surface area contributed by atoms with Crippen molar-refractivity contribution in [2.24, 2.45) is 17.8 Å². The van der Waals surface area contributed by atoms with Gasteiger partial charge in [0.2, 0.25) is 0 Å². The third kappa shape index (κ3) is 3.69. The smallest absolute Gasteiger partial charge is 0.00983 e. The molecule has 1 saturated carbocycles. The molecule has 3 atom stereocenters. The fourth-order valence-electron chi connectivity index (χ4n) is 4.65. The minimum absolute atomic E-state index is 0.846. The lowest BCUT2D eigenvalue weighted by atomic mass is 9.95. The van der Waals surface area contributed by atoms with Crippen LogP contribution in [0.1, 0.15) is 51.9 Å². The summed E-state index contributed by atoms with van der Waals surface area (Å²) in [5.41, 5.74) is 1.51. The molecule has 0 radical (unpaired) electrons. The number of allylic oxidation sites excluding steroid dienone is 5. The second kappa shape index (κ2) is 6.96. The van der Waals surface area contributed by atoms with E-state index in [4.69, 9.17) is 0 Å². The second-order valence-electron chi connectivity index (χ2n) is 7.30. The quantitative estimate of drug-likeness (QED) is 0.662. The first-order valence-corrected chi connectivity index (χ1v) is 9.02. The number of fused-ring (bicyclic) bond motifs is 1. The van der Waals surface area contributed by atoms with E-state index in [9.17, 15) is 0 Å². The second-order valence-corrected chi connectivity index (χ2v) is 7.30. The molecular weight excluding hydrogens is 254 g/mol. The molecule has 21 heavy (non-hydrogen) atoms. The van der Waals surface area contributed by atoms with Crippen LogP contribution in [0.2, 0.25) is 0 Å². The molecule has 3 unspecified atom stereocenters. The summed E-state index contributed by atoms with van der Waals surface area (Å²) < 4.78 is 0. The van der Waals surface area contributed by atoms with Gasteiger partial charge in [-0.3, -0.25) is 0 Å². The third-order valence-electron chi connectivity index (χ3n) is 6.13. The minimum Gasteiger partial charge on any atom is -0.300 e. The van der Waals surface area contributed by atoms with Crippen molar-refractivity contribution in [3.8, 4) is 0 Å². The van der Waals surface area contributed by atoms with Crippen LogP contribution in [-0.4, -0.2) is 24.0 Å². The van der Waals surface area contributed by atoms with Crippen LogP contribution in [-0.2, 0) is 0 Å². The van der Waals surface area contributed by atoms with Gasteiger partial charge in [0.1, 0.15) is 0 Å². The van der Waals surface area contributed by atoms with Crippen molar-refractivity contribution >= 4 is 0 Å². The maximum Gasteiger partial charge on any atom is 0.00983 e. The topological polar surface area (TPSA) is 3.24 Å². The van der Waals surface area contributed by atoms with E-state index < -0.39 is 0 Å². The maximum absolute atomic E-state index is 3.76. The summed E-state index contributed by atoms with van der Waals surface area (Å²) in [6, 6.07) is 0.846. The summed E-state index contributed by atoms with van der Waals surface area (Å²) in [6.07, 6.45) is 18.2. The molecule has 1 nitrogen and oxygen atoms in total. The van der Waals surface area contributed by atoms with Gasteiger partial charge in [-0.25, -0.2) is 0 Å². The number of nitrogens with zero attached hydrogens (tertiary/aromatic N) is 1. The Morgan fingerprint density at radius 3 is 2.62 bits per heavy atom. The fraction of sp³-hybridized carbons (Fsp3) is 0.700. The summed E-state index contributed by atoms with van der Waals surface area (Å²) in [5, 5.41) is 0. The zero-order valence-electron chi connectivity index (χ0n) is 13.6. The number of likely N-dealkylation sites (tertiary alicyclic amines) is 1. The molecule has 3 aliphatic rings. The average Bonchev–Trinajstić information content (AvgIpc) is 3.13. The predicted molar refractivity (Wildman–Crippen MR) is 91.2 cm³/mol. The molecule has 1 aliphatic heterocycles. The Balaban J connectivity index is 1.52. The molecule has 116 valence electrons. The highest BCUT2D eigenvalue weighted by Crippen LogP contribution is 2.52. The fourth-order valence-corrected chi connectivity index (χ4v) is 4.65. The van der Waals surface area contributed by atoms with Gasteiger partial charge in [0, 0.05) is 6.04 Å². The minimum atomic E-state index is 0.846. The molecule has 1 heteroatoms. The van der Waals surface area contributed by atoms with Crippen LogP contribution in [0.4, 0.5) is 0 Å². The van der Waals surface area contributed by atoms with E-state index in [0.717, 1.165) is 23.8 Å². The van der Waals surface area contributed by atoms with Gasteiger partial charge in [-0.15, -0.1) is 0 Å². The highest BCUT2D eigenvalue weighted by Gasteiger charge is 2.47. The molecule has 0 spiro atoms. The van der Waals surface area contributed by atoms with Crippen LogP contribution in [0.25, 0.3) is 0 Å². The van der Waals surface area contributed by atoms with Gasteiger partial charge in [-0.2, -0.15) is 0 Å². The number of hydrogen-bond donors (Lipinski definition) is 0. The van der Waals surface area contributed by atoms with Crippen molar-refractivity contribution in [3.63, 3.8) is 0 Å². The number of rotatable bonds is 3. The van der Waals surface area contributed by atoms with Gasteiger partial charge < -0.3 is 4.90 Å². The lowest BCUT2D eigenvalue weighted by molar-refractivity contribution is 0.173. The van der Waals surface area contributed by atoms with Gasteiger partial charge in [-0.05, 0) is 75.8 Å². The molecule has 1 saturated heterocycles. The number of hydrogen-bond acceptors (Lipinski definition) is 1. The summed E-state index contributed by atoms with van der Waals surface area (Å²) in [5.74, 6) is 3.17. The van der Waals surface area contributed by atoms with E-state index in [-0.39, 0.29) is 0 Å².